The molecule has 0 saturated heterocycles. The van der Waals surface area contributed by atoms with Crippen molar-refractivity contribution in [3.8, 4) is 5.75 Å². The zero-order chi connectivity index (χ0) is 37.1. The Balaban J connectivity index is 1.30. The number of carbonyl (C=O) groups excluding carboxylic acids is 1. The summed E-state index contributed by atoms with van der Waals surface area (Å²) in [5.41, 5.74) is 1.81. The number of ether oxygens (including phenoxy) is 1. The predicted octanol–water partition coefficient (Wildman–Crippen LogP) is 7.37. The van der Waals surface area contributed by atoms with E-state index in [0.29, 0.717) is 22.6 Å². The first-order valence-electron chi connectivity index (χ1n) is 14.2. The van der Waals surface area contributed by atoms with Crippen molar-refractivity contribution in [1.82, 2.24) is 0 Å². The molecule has 51 heavy (non-hydrogen) atoms. The summed E-state index contributed by atoms with van der Waals surface area (Å²) in [7, 11) is -12.6. The molecule has 0 aliphatic rings. The Labute approximate surface area is 291 Å². The largest absolute Gasteiger partial charge is 0.494 e. The van der Waals surface area contributed by atoms with Crippen molar-refractivity contribution in [3.63, 3.8) is 0 Å². The normalized spacial score (nSPS) is 12.4. The second kappa shape index (κ2) is 14.3. The quantitative estimate of drug-likeness (QED) is 0.0694. The van der Waals surface area contributed by atoms with Crippen molar-refractivity contribution in [2.75, 3.05) is 17.7 Å². The Morgan fingerprint density at radius 1 is 0.608 bits per heavy atom. The molecule has 17 nitrogen and oxygen atoms in total. The SMILES string of the molecule is COc1cc(NC(=O)Nc2ccc(N=Nc3cc(S(=O)(=O)O)c4cccc(S(=O)(=O)O)c4c3)c(C)c2)ccc1N=Nc1cccc(S(=O)(=O)O)c1. The van der Waals surface area contributed by atoms with Gasteiger partial charge in [-0.3, -0.25) is 13.7 Å². The molecule has 0 spiro atoms. The lowest BCUT2D eigenvalue weighted by Crippen LogP contribution is -2.19. The maximum Gasteiger partial charge on any atom is 0.323 e. The third-order valence-electron chi connectivity index (χ3n) is 7.01. The molecule has 0 bridgehead atoms. The highest BCUT2D eigenvalue weighted by atomic mass is 32.2. The Bertz CT molecular complexity index is 2590. The number of amides is 2. The summed E-state index contributed by atoms with van der Waals surface area (Å²) in [5, 5.41) is 21.1. The fourth-order valence-electron chi connectivity index (χ4n) is 4.71. The van der Waals surface area contributed by atoms with Crippen LogP contribution >= 0.6 is 0 Å². The van der Waals surface area contributed by atoms with Crippen LogP contribution in [0.4, 0.5) is 38.9 Å². The number of urea groups is 1. The Morgan fingerprint density at radius 2 is 1.22 bits per heavy atom. The zero-order valence-corrected chi connectivity index (χ0v) is 28.7. The molecule has 264 valence electrons. The van der Waals surface area contributed by atoms with E-state index < -0.39 is 46.2 Å². The standard InChI is InChI=1S/C31H26N6O11S3/c1-18-13-19(9-11-26(18)36-35-22-15-25-24(30(17-22)51(45,46)47)7-4-8-29(25)50(42,43)44)32-31(38)33-20-10-12-27(28(16-20)48-2)37-34-21-5-3-6-23(14-21)49(39,40)41/h3-17H,1-2H3,(H2,32,33,38)(H,39,40,41)(H,42,43,44)(H,45,46,47). The number of hydrogen-bond acceptors (Lipinski definition) is 12. The topological polar surface area (TPSA) is 263 Å². The summed E-state index contributed by atoms with van der Waals surface area (Å²) in [5.74, 6) is 0.234. The lowest BCUT2D eigenvalue weighted by Gasteiger charge is -2.11. The van der Waals surface area contributed by atoms with Gasteiger partial charge < -0.3 is 15.4 Å². The van der Waals surface area contributed by atoms with Gasteiger partial charge in [-0.1, -0.05) is 18.2 Å². The van der Waals surface area contributed by atoms with Crippen molar-refractivity contribution in [3.05, 3.63) is 96.6 Å². The fourth-order valence-corrected chi connectivity index (χ4v) is 6.65. The Morgan fingerprint density at radius 3 is 1.84 bits per heavy atom. The number of benzene rings is 5. The van der Waals surface area contributed by atoms with E-state index in [1.165, 1.54) is 73.8 Å². The van der Waals surface area contributed by atoms with Crippen LogP contribution in [0.2, 0.25) is 0 Å². The number of methoxy groups -OCH3 is 1. The number of fused-ring (bicyclic) bond motifs is 1. The van der Waals surface area contributed by atoms with Crippen molar-refractivity contribution < 1.29 is 48.4 Å². The first-order chi connectivity index (χ1) is 23.9. The van der Waals surface area contributed by atoms with Gasteiger partial charge in [0.15, 0.2) is 0 Å². The Kier molecular flexibility index (Phi) is 10.3. The number of nitrogens with one attached hydrogen (secondary N) is 2. The molecular formula is C31H26N6O11S3. The van der Waals surface area contributed by atoms with Gasteiger partial charge >= 0.3 is 6.03 Å². The molecule has 0 atom stereocenters. The van der Waals surface area contributed by atoms with Crippen LogP contribution in [0.25, 0.3) is 10.8 Å². The van der Waals surface area contributed by atoms with Gasteiger partial charge in [0.25, 0.3) is 30.4 Å². The molecule has 5 N–H and O–H groups in total. The van der Waals surface area contributed by atoms with E-state index in [4.69, 9.17) is 4.74 Å². The lowest BCUT2D eigenvalue weighted by atomic mass is 10.1. The molecule has 0 unspecified atom stereocenters. The van der Waals surface area contributed by atoms with Gasteiger partial charge in [0.2, 0.25) is 0 Å². The van der Waals surface area contributed by atoms with Crippen LogP contribution < -0.4 is 15.4 Å². The number of azo groups is 2. The molecule has 0 saturated carbocycles. The molecule has 20 heteroatoms. The zero-order valence-electron chi connectivity index (χ0n) is 26.3. The predicted molar refractivity (Wildman–Crippen MR) is 185 cm³/mol. The van der Waals surface area contributed by atoms with Gasteiger partial charge in [0.05, 0.1) is 29.1 Å². The third-order valence-corrected chi connectivity index (χ3v) is 9.67. The van der Waals surface area contributed by atoms with E-state index in [9.17, 15) is 43.7 Å². The van der Waals surface area contributed by atoms with Crippen LogP contribution in [0, 0.1) is 6.92 Å². The average molecular weight is 755 g/mol. The van der Waals surface area contributed by atoms with E-state index in [1.54, 1.807) is 13.0 Å². The fraction of sp³-hybridized carbons (Fsp3) is 0.0645. The maximum atomic E-state index is 12.8. The van der Waals surface area contributed by atoms with Crippen LogP contribution in [-0.2, 0) is 30.4 Å². The molecule has 5 aromatic carbocycles. The lowest BCUT2D eigenvalue weighted by molar-refractivity contribution is 0.262. The number of nitrogens with zero attached hydrogens (tertiary/aromatic N) is 4. The van der Waals surface area contributed by atoms with E-state index in [0.717, 1.165) is 18.2 Å². The minimum Gasteiger partial charge on any atom is -0.494 e. The smallest absolute Gasteiger partial charge is 0.323 e. The van der Waals surface area contributed by atoms with Crippen molar-refractivity contribution in [1.29, 1.82) is 0 Å². The van der Waals surface area contributed by atoms with Gasteiger partial charge in [-0.05, 0) is 79.2 Å². The summed E-state index contributed by atoms with van der Waals surface area (Å²) < 4.78 is 105. The minimum atomic E-state index is -4.83. The van der Waals surface area contributed by atoms with Gasteiger partial charge in [0, 0.05) is 28.2 Å². The molecule has 0 fully saturated rings. The van der Waals surface area contributed by atoms with Gasteiger partial charge in [-0.15, -0.1) is 5.11 Å². The molecule has 0 aliphatic heterocycles. The highest BCUT2D eigenvalue weighted by Gasteiger charge is 2.21. The van der Waals surface area contributed by atoms with E-state index in [-0.39, 0.29) is 38.5 Å². The van der Waals surface area contributed by atoms with Crippen LogP contribution in [0.1, 0.15) is 5.56 Å². The summed E-state index contributed by atoms with van der Waals surface area (Å²) >= 11 is 0. The van der Waals surface area contributed by atoms with Crippen molar-refractivity contribution in [2.45, 2.75) is 21.6 Å². The average Bonchev–Trinajstić information content (AvgIpc) is 3.05. The molecule has 0 heterocycles. The number of carbonyl (C=O) groups is 1. The molecule has 0 radical (unpaired) electrons. The molecule has 5 aromatic rings. The van der Waals surface area contributed by atoms with E-state index in [2.05, 4.69) is 31.1 Å². The minimum absolute atomic E-state index is 0.138. The Hall–Kier alpha value is -5.64. The second-order valence-corrected chi connectivity index (χ2v) is 14.8. The van der Waals surface area contributed by atoms with Crippen LogP contribution in [0.3, 0.4) is 0 Å². The maximum absolute atomic E-state index is 12.8. The molecule has 5 rings (SSSR count). The molecule has 0 aliphatic carbocycles. The number of hydrogen-bond donors (Lipinski definition) is 5. The molecule has 2 amide bonds. The first kappa shape index (κ1) is 36.6. The first-order valence-corrected chi connectivity index (χ1v) is 18.5. The van der Waals surface area contributed by atoms with Gasteiger partial charge in [-0.2, -0.15) is 40.6 Å². The summed E-state index contributed by atoms with van der Waals surface area (Å²) in [6, 6.07) is 19.5. The third kappa shape index (κ3) is 8.94. The number of anilines is 2. The van der Waals surface area contributed by atoms with Crippen LogP contribution in [0.15, 0.2) is 126 Å². The highest BCUT2D eigenvalue weighted by Crippen LogP contribution is 2.35. The van der Waals surface area contributed by atoms with Crippen LogP contribution in [-0.4, -0.2) is 52.1 Å². The van der Waals surface area contributed by atoms with Crippen molar-refractivity contribution in [2.24, 2.45) is 20.5 Å². The van der Waals surface area contributed by atoms with Crippen LogP contribution in [0.5, 0.6) is 5.75 Å². The molecule has 0 aromatic heterocycles. The van der Waals surface area contributed by atoms with Crippen molar-refractivity contribution >= 4 is 81.3 Å². The van der Waals surface area contributed by atoms with Gasteiger partial charge in [0.1, 0.15) is 21.2 Å². The second-order valence-electron chi connectivity index (χ2n) is 10.6. The monoisotopic (exact) mass is 754 g/mol. The summed E-state index contributed by atoms with van der Waals surface area (Å²) in [4.78, 5) is 11.2. The molecular weight excluding hydrogens is 729 g/mol. The highest BCUT2D eigenvalue weighted by molar-refractivity contribution is 7.86. The van der Waals surface area contributed by atoms with E-state index >= 15 is 0 Å². The summed E-state index contributed by atoms with van der Waals surface area (Å²) in [6.07, 6.45) is 0. The number of aryl methyl sites for hydroxylation is 1. The summed E-state index contributed by atoms with van der Waals surface area (Å²) in [6.45, 7) is 1.66. The number of rotatable bonds is 10. The van der Waals surface area contributed by atoms with E-state index in [1.807, 2.05) is 0 Å². The van der Waals surface area contributed by atoms with Gasteiger partial charge in [-0.25, -0.2) is 4.79 Å².